The van der Waals surface area contributed by atoms with Gasteiger partial charge in [0.25, 0.3) is 0 Å². The monoisotopic (exact) mass is 493 g/mol. The number of hydrogen-bond donors (Lipinski definition) is 1. The van der Waals surface area contributed by atoms with Crippen molar-refractivity contribution in [3.63, 3.8) is 0 Å². The minimum Gasteiger partial charge on any atom is -0.477 e. The van der Waals surface area contributed by atoms with E-state index in [0.717, 1.165) is 68.3 Å². The Bertz CT molecular complexity index is 1160. The first-order chi connectivity index (χ1) is 17.7. The number of pyridine rings is 1. The predicted molar refractivity (Wildman–Crippen MR) is 138 cm³/mol. The number of fused-ring (bicyclic) bond motifs is 2. The fourth-order valence-corrected chi connectivity index (χ4v) is 6.11. The summed E-state index contributed by atoms with van der Waals surface area (Å²) in [5.41, 5.74) is 1.69. The highest BCUT2D eigenvalue weighted by Gasteiger charge is 2.34. The van der Waals surface area contributed by atoms with Crippen molar-refractivity contribution in [2.45, 2.75) is 63.6 Å². The summed E-state index contributed by atoms with van der Waals surface area (Å²) in [6, 6.07) is 11.8. The molecule has 3 aromatic rings. The lowest BCUT2D eigenvalue weighted by Crippen LogP contribution is -2.57. The molecule has 0 radical (unpaired) electrons. The number of piperazine rings is 1. The van der Waals surface area contributed by atoms with Crippen LogP contribution in [-0.4, -0.2) is 59.9 Å². The van der Waals surface area contributed by atoms with E-state index in [1.165, 1.54) is 44.2 Å². The lowest BCUT2D eigenvalue weighted by Gasteiger charge is -2.46. The van der Waals surface area contributed by atoms with Crippen LogP contribution in [0, 0.1) is 11.7 Å². The molecule has 8 heteroatoms. The Morgan fingerprint density at radius 2 is 1.94 bits per heavy atom. The highest BCUT2D eigenvalue weighted by Crippen LogP contribution is 2.32. The lowest BCUT2D eigenvalue weighted by atomic mass is 9.91. The van der Waals surface area contributed by atoms with Crippen molar-refractivity contribution in [2.75, 3.05) is 37.7 Å². The van der Waals surface area contributed by atoms with Crippen LogP contribution in [0.4, 0.5) is 10.2 Å². The minimum atomic E-state index is -0.258. The lowest BCUT2D eigenvalue weighted by molar-refractivity contribution is 0.0716. The summed E-state index contributed by atoms with van der Waals surface area (Å²) in [5.74, 6) is 1.74. The van der Waals surface area contributed by atoms with Gasteiger partial charge in [0.15, 0.2) is 11.4 Å². The minimum absolute atomic E-state index is 0.258. The predicted octanol–water partition coefficient (Wildman–Crippen LogP) is 4.76. The maximum Gasteiger partial charge on any atom is 0.213 e. The largest absolute Gasteiger partial charge is 0.477 e. The molecule has 1 saturated carbocycles. The normalized spacial score (nSPS) is 23.6. The first-order valence-corrected chi connectivity index (χ1v) is 13.6. The summed E-state index contributed by atoms with van der Waals surface area (Å²) in [6.07, 6.45) is 8.85. The van der Waals surface area contributed by atoms with E-state index in [0.29, 0.717) is 30.2 Å². The van der Waals surface area contributed by atoms with Crippen molar-refractivity contribution in [3.8, 4) is 5.88 Å². The highest BCUT2D eigenvalue weighted by molar-refractivity contribution is 5.88. The van der Waals surface area contributed by atoms with Crippen LogP contribution in [0.25, 0.3) is 11.0 Å². The van der Waals surface area contributed by atoms with Gasteiger partial charge in [0, 0.05) is 56.8 Å². The molecule has 36 heavy (non-hydrogen) atoms. The summed E-state index contributed by atoms with van der Waals surface area (Å²) >= 11 is 0. The number of nitrogens with one attached hydrogen (secondary N) is 1. The number of benzene rings is 1. The molecule has 0 bridgehead atoms. The van der Waals surface area contributed by atoms with Gasteiger partial charge in [0.1, 0.15) is 5.82 Å². The van der Waals surface area contributed by atoms with Gasteiger partial charge in [0.05, 0.1) is 17.7 Å². The maximum atomic E-state index is 13.8. The molecule has 1 N–H and O–H groups in total. The Labute approximate surface area is 212 Å². The molecular formula is C28H36FN5O2. The molecule has 4 heterocycles. The van der Waals surface area contributed by atoms with Gasteiger partial charge in [-0.25, -0.2) is 9.37 Å². The molecule has 7 nitrogen and oxygen atoms in total. The van der Waals surface area contributed by atoms with E-state index in [9.17, 15) is 4.39 Å². The molecule has 6 rings (SSSR count). The number of ether oxygens (including phenoxy) is 1. The van der Waals surface area contributed by atoms with E-state index >= 15 is 0 Å². The van der Waals surface area contributed by atoms with Crippen LogP contribution in [0.3, 0.4) is 0 Å². The molecule has 2 atom stereocenters. The average molecular weight is 494 g/mol. The van der Waals surface area contributed by atoms with Crippen molar-refractivity contribution < 1.29 is 13.7 Å². The molecule has 2 aliphatic heterocycles. The first kappa shape index (κ1) is 23.7. The second-order valence-corrected chi connectivity index (χ2v) is 10.7. The fourth-order valence-electron chi connectivity index (χ4n) is 6.11. The van der Waals surface area contributed by atoms with Crippen molar-refractivity contribution in [3.05, 3.63) is 47.9 Å². The Morgan fingerprint density at radius 3 is 2.86 bits per heavy atom. The summed E-state index contributed by atoms with van der Waals surface area (Å²) in [6.45, 7) is 5.27. The molecule has 3 fully saturated rings. The van der Waals surface area contributed by atoms with E-state index in [4.69, 9.17) is 14.2 Å². The van der Waals surface area contributed by atoms with Gasteiger partial charge in [0.2, 0.25) is 5.88 Å². The number of piperidine rings is 1. The van der Waals surface area contributed by atoms with Gasteiger partial charge in [-0.05, 0) is 49.9 Å². The standard InChI is InChI=1S/C28H36FN5O2/c29-21-10-12-26-25(15-21)28(32-36-26)34-14-13-33-17-20(9-11-24(33)18-34)19-35-27-8-4-7-23(31-27)16-30-22-5-2-1-3-6-22/h4,7-8,10,12,15,20,22,24,30H,1-3,5-6,9,11,13-14,16-19H2/t20-,24-/m0/s1. The Morgan fingerprint density at radius 1 is 1.03 bits per heavy atom. The summed E-state index contributed by atoms with van der Waals surface area (Å²) in [7, 11) is 0. The SMILES string of the molecule is Fc1ccc2onc(N3CCN4C[C@@H](COc5cccc(CNC6CCCCC6)n5)CC[C@H]4C3)c2c1. The molecule has 0 amide bonds. The number of halogens is 1. The molecule has 2 aromatic heterocycles. The molecule has 0 unspecified atom stereocenters. The molecule has 1 aromatic carbocycles. The smallest absolute Gasteiger partial charge is 0.213 e. The Hall–Kier alpha value is -2.71. The third-order valence-corrected chi connectivity index (χ3v) is 8.14. The molecule has 3 aliphatic rings. The van der Waals surface area contributed by atoms with Crippen LogP contribution in [0.1, 0.15) is 50.6 Å². The average Bonchev–Trinajstić information content (AvgIpc) is 3.34. The van der Waals surface area contributed by atoms with E-state index in [-0.39, 0.29) is 5.82 Å². The van der Waals surface area contributed by atoms with E-state index in [1.807, 2.05) is 6.07 Å². The number of hydrogen-bond acceptors (Lipinski definition) is 7. The van der Waals surface area contributed by atoms with Crippen molar-refractivity contribution >= 4 is 16.8 Å². The zero-order valence-electron chi connectivity index (χ0n) is 20.9. The first-order valence-electron chi connectivity index (χ1n) is 13.6. The number of anilines is 1. The Balaban J connectivity index is 0.994. The van der Waals surface area contributed by atoms with Crippen molar-refractivity contribution in [1.82, 2.24) is 20.4 Å². The van der Waals surface area contributed by atoms with Gasteiger partial charge in [-0.1, -0.05) is 30.5 Å². The third kappa shape index (κ3) is 5.34. The molecule has 1 aliphatic carbocycles. The number of nitrogens with zero attached hydrogens (tertiary/aromatic N) is 4. The quantitative estimate of drug-likeness (QED) is 0.509. The molecule has 192 valence electrons. The zero-order valence-corrected chi connectivity index (χ0v) is 20.9. The maximum absolute atomic E-state index is 13.8. The molecular weight excluding hydrogens is 457 g/mol. The second-order valence-electron chi connectivity index (χ2n) is 10.7. The number of aromatic nitrogens is 2. The van der Waals surface area contributed by atoms with Crippen LogP contribution in [0.15, 0.2) is 40.9 Å². The van der Waals surface area contributed by atoms with Crippen molar-refractivity contribution in [2.24, 2.45) is 5.92 Å². The van der Waals surface area contributed by atoms with E-state index in [1.54, 1.807) is 6.07 Å². The van der Waals surface area contributed by atoms with Crippen LogP contribution in [0.5, 0.6) is 5.88 Å². The van der Waals surface area contributed by atoms with Crippen LogP contribution in [0.2, 0.25) is 0 Å². The van der Waals surface area contributed by atoms with Crippen LogP contribution < -0.4 is 15.0 Å². The van der Waals surface area contributed by atoms with Crippen molar-refractivity contribution in [1.29, 1.82) is 0 Å². The summed E-state index contributed by atoms with van der Waals surface area (Å²) < 4.78 is 25.4. The third-order valence-electron chi connectivity index (χ3n) is 8.14. The highest BCUT2D eigenvalue weighted by atomic mass is 19.1. The Kier molecular flexibility index (Phi) is 7.05. The van der Waals surface area contributed by atoms with Gasteiger partial charge < -0.3 is 19.5 Å². The zero-order chi connectivity index (χ0) is 24.3. The van der Waals surface area contributed by atoms with E-state index in [2.05, 4.69) is 32.4 Å². The molecule has 2 saturated heterocycles. The van der Waals surface area contributed by atoms with Crippen LogP contribution in [-0.2, 0) is 6.54 Å². The van der Waals surface area contributed by atoms with Gasteiger partial charge in [-0.15, -0.1) is 0 Å². The van der Waals surface area contributed by atoms with Gasteiger partial charge >= 0.3 is 0 Å². The number of rotatable bonds is 7. The van der Waals surface area contributed by atoms with Gasteiger partial charge in [-0.3, -0.25) is 4.90 Å². The topological polar surface area (TPSA) is 66.7 Å². The van der Waals surface area contributed by atoms with Gasteiger partial charge in [-0.2, -0.15) is 0 Å². The summed E-state index contributed by atoms with van der Waals surface area (Å²) in [4.78, 5) is 9.57. The fraction of sp³-hybridized carbons (Fsp3) is 0.571. The van der Waals surface area contributed by atoms with Crippen LogP contribution >= 0.6 is 0 Å². The molecule has 0 spiro atoms. The van der Waals surface area contributed by atoms with E-state index < -0.39 is 0 Å². The second kappa shape index (κ2) is 10.7. The summed E-state index contributed by atoms with van der Waals surface area (Å²) in [5, 5.41) is 8.69.